The lowest BCUT2D eigenvalue weighted by atomic mass is 10.1. The first kappa shape index (κ1) is 15.3. The lowest BCUT2D eigenvalue weighted by Crippen LogP contribution is -2.37. The van der Waals surface area contributed by atoms with E-state index in [1.54, 1.807) is 0 Å². The van der Waals surface area contributed by atoms with Gasteiger partial charge in [0.1, 0.15) is 0 Å². The molecule has 6 heteroatoms. The molecule has 0 saturated heterocycles. The summed E-state index contributed by atoms with van der Waals surface area (Å²) in [5, 5.41) is 14.4. The molecule has 0 atom stereocenters. The second-order valence-corrected chi connectivity index (χ2v) is 4.49. The lowest BCUT2D eigenvalue weighted by Gasteiger charge is -2.07. The number of carboxylic acids is 1. The smallest absolute Gasteiger partial charge is 0.314 e. The highest BCUT2D eigenvalue weighted by molar-refractivity contribution is 6.30. The number of halogens is 1. The minimum Gasteiger partial charge on any atom is -0.481 e. The zero-order chi connectivity index (χ0) is 14.1. The van der Waals surface area contributed by atoms with E-state index in [1.807, 2.05) is 24.3 Å². The Bertz CT molecular complexity index is 420. The van der Waals surface area contributed by atoms with Gasteiger partial charge >= 0.3 is 12.0 Å². The van der Waals surface area contributed by atoms with Crippen molar-refractivity contribution in [2.45, 2.75) is 19.3 Å². The fourth-order valence-electron chi connectivity index (χ4n) is 1.48. The highest BCUT2D eigenvalue weighted by Crippen LogP contribution is 2.09. The Morgan fingerprint density at radius 1 is 1.11 bits per heavy atom. The molecule has 1 aromatic carbocycles. The summed E-state index contributed by atoms with van der Waals surface area (Å²) in [5.74, 6) is -0.857. The molecule has 0 bridgehead atoms. The maximum atomic E-state index is 11.3. The molecule has 0 aliphatic carbocycles. The van der Waals surface area contributed by atoms with Gasteiger partial charge in [0.25, 0.3) is 0 Å². The monoisotopic (exact) mass is 284 g/mol. The molecule has 0 aromatic heterocycles. The van der Waals surface area contributed by atoms with E-state index in [4.69, 9.17) is 16.7 Å². The van der Waals surface area contributed by atoms with Crippen LogP contribution in [0.25, 0.3) is 0 Å². The summed E-state index contributed by atoms with van der Waals surface area (Å²) < 4.78 is 0. The molecule has 0 heterocycles. The quantitative estimate of drug-likeness (QED) is 0.671. The molecule has 0 saturated carbocycles. The standard InChI is InChI=1S/C13H17ClN2O3/c14-11-5-3-10(4-6-11)7-9-16-13(19)15-8-1-2-12(17)18/h3-6H,1-2,7-9H2,(H,17,18)(H2,15,16,19). The third-order valence-corrected chi connectivity index (χ3v) is 2.72. The Balaban J connectivity index is 2.10. The molecule has 0 fully saturated rings. The first-order valence-electron chi connectivity index (χ1n) is 6.06. The van der Waals surface area contributed by atoms with Crippen LogP contribution < -0.4 is 10.6 Å². The van der Waals surface area contributed by atoms with Gasteiger partial charge in [0.05, 0.1) is 0 Å². The molecule has 0 unspecified atom stereocenters. The van der Waals surface area contributed by atoms with Gasteiger partial charge in [-0.3, -0.25) is 4.79 Å². The van der Waals surface area contributed by atoms with Crippen molar-refractivity contribution in [3.63, 3.8) is 0 Å². The molecule has 5 nitrogen and oxygen atoms in total. The topological polar surface area (TPSA) is 78.4 Å². The SMILES string of the molecule is O=C(O)CCCNC(=O)NCCc1ccc(Cl)cc1. The minimum atomic E-state index is -0.857. The molecule has 0 radical (unpaired) electrons. The number of rotatable bonds is 7. The molecule has 0 aliphatic heterocycles. The Kier molecular flexibility index (Phi) is 6.74. The van der Waals surface area contributed by atoms with Crippen LogP contribution in [0.1, 0.15) is 18.4 Å². The number of benzene rings is 1. The Labute approximate surface area is 117 Å². The number of carboxylic acid groups (broad SMARTS) is 1. The molecule has 19 heavy (non-hydrogen) atoms. The van der Waals surface area contributed by atoms with E-state index >= 15 is 0 Å². The van der Waals surface area contributed by atoms with Gasteiger partial charge in [-0.1, -0.05) is 23.7 Å². The number of carbonyl (C=O) groups is 2. The number of amides is 2. The Morgan fingerprint density at radius 3 is 2.37 bits per heavy atom. The first-order chi connectivity index (χ1) is 9.08. The summed E-state index contributed by atoms with van der Waals surface area (Å²) in [7, 11) is 0. The van der Waals surface area contributed by atoms with Crippen molar-refractivity contribution in [3.05, 3.63) is 34.9 Å². The summed E-state index contributed by atoms with van der Waals surface area (Å²) >= 11 is 5.77. The Hall–Kier alpha value is -1.75. The average Bonchev–Trinajstić information content (AvgIpc) is 2.37. The number of urea groups is 1. The molecule has 1 aromatic rings. The summed E-state index contributed by atoms with van der Waals surface area (Å²) in [6.45, 7) is 0.880. The first-order valence-corrected chi connectivity index (χ1v) is 6.43. The molecule has 2 amide bonds. The molecular weight excluding hydrogens is 268 g/mol. The van der Waals surface area contributed by atoms with Crippen molar-refractivity contribution < 1.29 is 14.7 Å². The number of aliphatic carboxylic acids is 1. The minimum absolute atomic E-state index is 0.0606. The third-order valence-electron chi connectivity index (χ3n) is 2.47. The van der Waals surface area contributed by atoms with Crippen LogP contribution in [-0.2, 0) is 11.2 Å². The van der Waals surface area contributed by atoms with Gasteiger partial charge in [0.2, 0.25) is 0 Å². The van der Waals surface area contributed by atoms with Crippen LogP contribution in [0.4, 0.5) is 4.79 Å². The van der Waals surface area contributed by atoms with E-state index in [1.165, 1.54) is 0 Å². The van der Waals surface area contributed by atoms with Gasteiger partial charge in [0.15, 0.2) is 0 Å². The van der Waals surface area contributed by atoms with Crippen LogP contribution in [-0.4, -0.2) is 30.2 Å². The van der Waals surface area contributed by atoms with Crippen molar-refractivity contribution >= 4 is 23.6 Å². The van der Waals surface area contributed by atoms with E-state index in [9.17, 15) is 9.59 Å². The zero-order valence-corrected chi connectivity index (χ0v) is 11.2. The van der Waals surface area contributed by atoms with Gasteiger partial charge in [-0.25, -0.2) is 4.79 Å². The molecule has 3 N–H and O–H groups in total. The molecule has 104 valence electrons. The van der Waals surface area contributed by atoms with Crippen LogP contribution in [0, 0.1) is 0 Å². The Morgan fingerprint density at radius 2 is 1.74 bits per heavy atom. The highest BCUT2D eigenvalue weighted by atomic mass is 35.5. The van der Waals surface area contributed by atoms with Crippen molar-refractivity contribution in [2.75, 3.05) is 13.1 Å². The predicted molar refractivity (Wildman–Crippen MR) is 73.4 cm³/mol. The molecule has 0 spiro atoms. The van der Waals surface area contributed by atoms with Crippen molar-refractivity contribution in [2.24, 2.45) is 0 Å². The fourth-order valence-corrected chi connectivity index (χ4v) is 1.60. The summed E-state index contributed by atoms with van der Waals surface area (Å²) in [4.78, 5) is 21.6. The average molecular weight is 285 g/mol. The maximum Gasteiger partial charge on any atom is 0.314 e. The van der Waals surface area contributed by atoms with Crippen LogP contribution >= 0.6 is 11.6 Å². The van der Waals surface area contributed by atoms with Crippen LogP contribution in [0.3, 0.4) is 0 Å². The van der Waals surface area contributed by atoms with Crippen molar-refractivity contribution in [3.8, 4) is 0 Å². The van der Waals surface area contributed by atoms with Crippen LogP contribution in [0.5, 0.6) is 0 Å². The normalized spacial score (nSPS) is 9.95. The van der Waals surface area contributed by atoms with E-state index in [2.05, 4.69) is 10.6 Å². The number of carbonyl (C=O) groups excluding carboxylic acids is 1. The predicted octanol–water partition coefficient (Wildman–Crippen LogP) is 2.05. The zero-order valence-electron chi connectivity index (χ0n) is 10.5. The van der Waals surface area contributed by atoms with Gasteiger partial charge in [-0.15, -0.1) is 0 Å². The van der Waals surface area contributed by atoms with Gasteiger partial charge in [0, 0.05) is 24.5 Å². The van der Waals surface area contributed by atoms with Gasteiger partial charge in [-0.2, -0.15) is 0 Å². The molecular formula is C13H17ClN2O3. The van der Waals surface area contributed by atoms with Crippen molar-refractivity contribution in [1.29, 1.82) is 0 Å². The molecule has 0 aliphatic rings. The number of nitrogens with one attached hydrogen (secondary N) is 2. The van der Waals surface area contributed by atoms with E-state index in [-0.39, 0.29) is 12.5 Å². The highest BCUT2D eigenvalue weighted by Gasteiger charge is 2.01. The van der Waals surface area contributed by atoms with E-state index < -0.39 is 5.97 Å². The summed E-state index contributed by atoms with van der Waals surface area (Å²) in [6, 6.07) is 7.16. The molecule has 1 rings (SSSR count). The second-order valence-electron chi connectivity index (χ2n) is 4.06. The van der Waals surface area contributed by atoms with E-state index in [0.29, 0.717) is 24.5 Å². The largest absolute Gasteiger partial charge is 0.481 e. The van der Waals surface area contributed by atoms with Crippen LogP contribution in [0.15, 0.2) is 24.3 Å². The second kappa shape index (κ2) is 8.37. The summed E-state index contributed by atoms with van der Waals surface area (Å²) in [6.07, 6.45) is 1.21. The summed E-state index contributed by atoms with van der Waals surface area (Å²) in [5.41, 5.74) is 1.09. The third kappa shape index (κ3) is 7.31. The number of hydrogen-bond acceptors (Lipinski definition) is 2. The van der Waals surface area contributed by atoms with Crippen molar-refractivity contribution in [1.82, 2.24) is 10.6 Å². The maximum absolute atomic E-state index is 11.3. The van der Waals surface area contributed by atoms with E-state index in [0.717, 1.165) is 12.0 Å². The van der Waals surface area contributed by atoms with Crippen LogP contribution in [0.2, 0.25) is 5.02 Å². The lowest BCUT2D eigenvalue weighted by molar-refractivity contribution is -0.137. The van der Waals surface area contributed by atoms with Gasteiger partial charge < -0.3 is 15.7 Å². The van der Waals surface area contributed by atoms with Gasteiger partial charge in [-0.05, 0) is 30.5 Å². The fraction of sp³-hybridized carbons (Fsp3) is 0.385. The number of hydrogen-bond donors (Lipinski definition) is 3.